The van der Waals surface area contributed by atoms with E-state index in [1.54, 1.807) is 0 Å². The summed E-state index contributed by atoms with van der Waals surface area (Å²) in [5.74, 6) is -5.87. The van der Waals surface area contributed by atoms with Crippen LogP contribution in [0.4, 0.5) is 0 Å². The Labute approximate surface area is 298 Å². The molecule has 292 valence electrons. The van der Waals surface area contributed by atoms with Crippen molar-refractivity contribution >= 4 is 41.8 Å². The molecule has 0 N–H and O–H groups in total. The molecule has 0 spiro atoms. The zero-order valence-corrected chi connectivity index (χ0v) is 29.9. The second-order valence-corrected chi connectivity index (χ2v) is 11.5. The van der Waals surface area contributed by atoms with E-state index in [1.807, 2.05) is 0 Å². The van der Waals surface area contributed by atoms with Crippen molar-refractivity contribution in [2.24, 2.45) is 5.11 Å². The molecule has 21 nitrogen and oxygen atoms in total. The summed E-state index contributed by atoms with van der Waals surface area (Å²) in [6.07, 6.45) is -13.9. The highest BCUT2D eigenvalue weighted by Gasteiger charge is 2.57. The van der Waals surface area contributed by atoms with Gasteiger partial charge >= 0.3 is 41.8 Å². The smallest absolute Gasteiger partial charge is 0.303 e. The number of hydrogen-bond donors (Lipinski definition) is 0. The fraction of sp³-hybridized carbons (Fsp3) is 0.774. The number of carbonyl (C=O) groups is 7. The predicted octanol–water partition coefficient (Wildman–Crippen LogP) is 1.10. The molecule has 0 aromatic heterocycles. The molecule has 2 aliphatic rings. The monoisotopic (exact) mass is 747 g/mol. The van der Waals surface area contributed by atoms with Crippen LogP contribution in [0.2, 0.25) is 0 Å². The van der Waals surface area contributed by atoms with Gasteiger partial charge in [-0.3, -0.25) is 33.6 Å². The molecule has 2 fully saturated rings. The number of hydrogen-bond acceptors (Lipinski definition) is 19. The Balaban J connectivity index is 2.64. The molecule has 2 heterocycles. The highest BCUT2D eigenvalue weighted by Crippen LogP contribution is 2.35. The van der Waals surface area contributed by atoms with Gasteiger partial charge in [-0.15, -0.1) is 0 Å². The lowest BCUT2D eigenvalue weighted by Gasteiger charge is -2.48. The van der Waals surface area contributed by atoms with Gasteiger partial charge in [-0.05, 0) is 18.4 Å². The molecule has 0 radical (unpaired) electrons. The van der Waals surface area contributed by atoms with Crippen LogP contribution in [0.15, 0.2) is 5.11 Å². The van der Waals surface area contributed by atoms with Crippen LogP contribution in [0.5, 0.6) is 0 Å². The van der Waals surface area contributed by atoms with Gasteiger partial charge in [0.1, 0.15) is 31.5 Å². The maximum Gasteiger partial charge on any atom is 0.303 e. The number of carbonyl (C=O) groups excluding carboxylic acids is 7. The van der Waals surface area contributed by atoms with Gasteiger partial charge in [-0.1, -0.05) is 11.5 Å². The molecule has 21 heteroatoms. The molecule has 0 amide bonds. The van der Waals surface area contributed by atoms with Crippen LogP contribution in [-0.2, 0) is 85.7 Å². The zero-order chi connectivity index (χ0) is 39.0. The van der Waals surface area contributed by atoms with Crippen LogP contribution in [0.1, 0.15) is 67.7 Å². The summed E-state index contributed by atoms with van der Waals surface area (Å²) in [4.78, 5) is 88.0. The van der Waals surface area contributed by atoms with E-state index in [-0.39, 0.29) is 13.2 Å². The summed E-state index contributed by atoms with van der Waals surface area (Å²) in [6.45, 7) is 6.67. The van der Waals surface area contributed by atoms with Gasteiger partial charge in [0.2, 0.25) is 0 Å². The van der Waals surface area contributed by atoms with Crippen LogP contribution in [-0.4, -0.2) is 130 Å². The first-order valence-corrected chi connectivity index (χ1v) is 16.3. The van der Waals surface area contributed by atoms with E-state index in [0.29, 0.717) is 19.3 Å². The van der Waals surface area contributed by atoms with Crippen LogP contribution in [0.25, 0.3) is 10.4 Å². The number of nitrogens with zero attached hydrogens (tertiary/aromatic N) is 3. The molecule has 2 aliphatic heterocycles. The minimum atomic E-state index is -1.79. The molecule has 0 aliphatic carbocycles. The van der Waals surface area contributed by atoms with E-state index in [1.165, 1.54) is 0 Å². The average Bonchev–Trinajstić information content (AvgIpc) is 3.02. The third kappa shape index (κ3) is 14.6. The topological polar surface area (TPSA) is 270 Å². The molecule has 52 heavy (non-hydrogen) atoms. The minimum Gasteiger partial charge on any atom is -0.463 e. The first-order chi connectivity index (χ1) is 24.5. The van der Waals surface area contributed by atoms with Gasteiger partial charge in [-0.25, -0.2) is 0 Å². The molecule has 0 aromatic rings. The van der Waals surface area contributed by atoms with Crippen molar-refractivity contribution in [2.45, 2.75) is 129 Å². The largest absolute Gasteiger partial charge is 0.463 e. The Morgan fingerprint density at radius 1 is 0.538 bits per heavy atom. The van der Waals surface area contributed by atoms with Gasteiger partial charge in [0, 0.05) is 66.5 Å². The summed E-state index contributed by atoms with van der Waals surface area (Å²) in [5.41, 5.74) is 8.47. The molecule has 0 bridgehead atoms. The van der Waals surface area contributed by atoms with Gasteiger partial charge in [0.25, 0.3) is 0 Å². The summed E-state index contributed by atoms with van der Waals surface area (Å²) in [7, 11) is 0. The molecule has 4 unspecified atom stereocenters. The normalized spacial score (nSPS) is 28.2. The van der Waals surface area contributed by atoms with E-state index in [0.717, 1.165) is 48.5 Å². The van der Waals surface area contributed by atoms with Gasteiger partial charge in [0.05, 0.1) is 0 Å². The lowest BCUT2D eigenvalue weighted by atomic mass is 9.96. The van der Waals surface area contributed by atoms with Crippen LogP contribution >= 0.6 is 0 Å². The van der Waals surface area contributed by atoms with E-state index in [2.05, 4.69) is 10.0 Å². The zero-order valence-electron chi connectivity index (χ0n) is 29.9. The molecule has 2 rings (SSSR count). The van der Waals surface area contributed by atoms with Crippen molar-refractivity contribution in [2.75, 3.05) is 26.4 Å². The fourth-order valence-electron chi connectivity index (χ4n) is 5.31. The van der Waals surface area contributed by atoms with Gasteiger partial charge in [0.15, 0.2) is 43.1 Å². The number of ether oxygens (including phenoxy) is 11. The van der Waals surface area contributed by atoms with E-state index < -0.39 is 116 Å². The number of azide groups is 1. The first-order valence-electron chi connectivity index (χ1n) is 16.3. The Kier molecular flexibility index (Phi) is 18.2. The summed E-state index contributed by atoms with van der Waals surface area (Å²) >= 11 is 0. The molecular weight excluding hydrogens is 702 g/mol. The Morgan fingerprint density at radius 3 is 1.44 bits per heavy atom. The van der Waals surface area contributed by atoms with Crippen molar-refractivity contribution in [1.82, 2.24) is 0 Å². The first kappa shape index (κ1) is 43.6. The Hall–Kier alpha value is -4.56. The summed E-state index contributed by atoms with van der Waals surface area (Å²) < 4.78 is 62.1. The maximum absolute atomic E-state index is 12.5. The van der Waals surface area contributed by atoms with Crippen LogP contribution in [0, 0.1) is 0 Å². The van der Waals surface area contributed by atoms with Crippen molar-refractivity contribution in [3.63, 3.8) is 0 Å². The molecule has 0 saturated carbocycles. The van der Waals surface area contributed by atoms with Crippen molar-refractivity contribution in [3.05, 3.63) is 10.4 Å². The summed E-state index contributed by atoms with van der Waals surface area (Å²) in [6, 6.07) is 0. The number of esters is 7. The van der Waals surface area contributed by atoms with Crippen LogP contribution < -0.4 is 0 Å². The highest BCUT2D eigenvalue weighted by atomic mass is 16.8. The standard InChI is InChI=1S/C31H45N3O18/c1-15(35)43-13-22-24(45-17(3)37)26(46-18(4)38)29(49-21(7)41)31(51-22)52-25-23(14-44-16(2)36)50-30(42-12-10-8-9-11-33-34-32)28(48-20(6)40)27(25)47-19(5)39/h22-31H,8-14H2,1-7H3/t22?,23?,24-,25-,26-,27+,28?,29?,30-,31+/m1/s1. The van der Waals surface area contributed by atoms with Crippen molar-refractivity contribution in [3.8, 4) is 0 Å². The summed E-state index contributed by atoms with van der Waals surface area (Å²) in [5, 5.41) is 3.47. The molecule has 2 saturated heterocycles. The van der Waals surface area contributed by atoms with Gasteiger partial charge in [-0.2, -0.15) is 0 Å². The maximum atomic E-state index is 12.5. The lowest BCUT2D eigenvalue weighted by molar-refractivity contribution is -0.361. The number of rotatable bonds is 18. The minimum absolute atomic E-state index is 0.0387. The van der Waals surface area contributed by atoms with E-state index in [4.69, 9.17) is 57.6 Å². The fourth-order valence-corrected chi connectivity index (χ4v) is 5.31. The van der Waals surface area contributed by atoms with Crippen molar-refractivity contribution in [1.29, 1.82) is 0 Å². The van der Waals surface area contributed by atoms with E-state index in [9.17, 15) is 33.6 Å². The second kappa shape index (κ2) is 21.7. The third-order valence-electron chi connectivity index (χ3n) is 7.13. The Bertz CT molecular complexity index is 1320. The third-order valence-corrected chi connectivity index (χ3v) is 7.13. The average molecular weight is 748 g/mol. The molecule has 10 atom stereocenters. The van der Waals surface area contributed by atoms with Crippen LogP contribution in [0.3, 0.4) is 0 Å². The Morgan fingerprint density at radius 2 is 0.962 bits per heavy atom. The lowest BCUT2D eigenvalue weighted by Crippen LogP contribution is -2.67. The van der Waals surface area contributed by atoms with Gasteiger partial charge < -0.3 is 52.1 Å². The van der Waals surface area contributed by atoms with E-state index >= 15 is 0 Å². The quantitative estimate of drug-likeness (QED) is 0.0474. The molecule has 0 aromatic carbocycles. The predicted molar refractivity (Wildman–Crippen MR) is 167 cm³/mol. The van der Waals surface area contributed by atoms with Crippen molar-refractivity contribution < 1.29 is 85.7 Å². The number of unbranched alkanes of at least 4 members (excludes halogenated alkanes) is 2. The molecular formula is C31H45N3O18. The highest BCUT2D eigenvalue weighted by molar-refractivity contribution is 5.69. The SMILES string of the molecule is CC(=O)OCC1O[C@@H](OCCCCCN=[N+]=[N-])C(OC(C)=O)[C@@H](OC(C)=O)[C@@H]1O[C@@H]1OC(COC(C)=O)[C@@H](OC(C)=O)[C@@H](OC(C)=O)C1OC(C)=O. The second-order valence-electron chi connectivity index (χ2n) is 11.5.